The molecule has 0 saturated carbocycles. The second-order valence-corrected chi connectivity index (χ2v) is 2.29. The van der Waals surface area contributed by atoms with Gasteiger partial charge in [-0.25, -0.2) is 0 Å². The molecule has 0 unspecified atom stereocenters. The Kier molecular flexibility index (Phi) is 5.94. The molecule has 0 aromatic carbocycles. The lowest BCUT2D eigenvalue weighted by atomic mass is 10.0. The van der Waals surface area contributed by atoms with Crippen LogP contribution in [0.3, 0.4) is 0 Å². The van der Waals surface area contributed by atoms with Crippen molar-refractivity contribution in [3.05, 3.63) is 0 Å². The van der Waals surface area contributed by atoms with E-state index in [-0.39, 0.29) is 5.92 Å². The zero-order valence-corrected chi connectivity index (χ0v) is 6.29. The van der Waals surface area contributed by atoms with Crippen LogP contribution in [0.1, 0.15) is 25.7 Å². The standard InChI is InChI=1S/C8H10N2O/c9-5-1-3-8(7-11)4-2-6-10/h7-8H,1-4H2. The molecule has 0 amide bonds. The van der Waals surface area contributed by atoms with Gasteiger partial charge in [0.1, 0.15) is 6.29 Å². The molecule has 0 rings (SSSR count). The topological polar surface area (TPSA) is 64.7 Å². The maximum Gasteiger partial charge on any atom is 0.123 e. The van der Waals surface area contributed by atoms with Gasteiger partial charge in [-0.15, -0.1) is 0 Å². The Bertz CT molecular complexity index is 169. The van der Waals surface area contributed by atoms with Crippen LogP contribution in [-0.2, 0) is 4.79 Å². The number of nitriles is 2. The Morgan fingerprint density at radius 3 is 1.91 bits per heavy atom. The van der Waals surface area contributed by atoms with Gasteiger partial charge in [-0.05, 0) is 12.8 Å². The molecule has 0 aliphatic heterocycles. The van der Waals surface area contributed by atoms with Crippen molar-refractivity contribution < 1.29 is 4.79 Å². The van der Waals surface area contributed by atoms with Gasteiger partial charge in [0.15, 0.2) is 0 Å². The predicted molar refractivity (Wildman–Crippen MR) is 39.2 cm³/mol. The second-order valence-electron chi connectivity index (χ2n) is 2.29. The summed E-state index contributed by atoms with van der Waals surface area (Å²) in [6.45, 7) is 0. The van der Waals surface area contributed by atoms with Crippen molar-refractivity contribution in [2.75, 3.05) is 0 Å². The minimum atomic E-state index is -0.103. The predicted octanol–water partition coefficient (Wildman–Crippen LogP) is 1.41. The third-order valence-electron chi connectivity index (χ3n) is 1.45. The molecule has 0 aromatic heterocycles. The van der Waals surface area contributed by atoms with Crippen LogP contribution in [0.4, 0.5) is 0 Å². The van der Waals surface area contributed by atoms with E-state index < -0.39 is 0 Å². The molecule has 0 radical (unpaired) electrons. The Morgan fingerprint density at radius 2 is 1.64 bits per heavy atom. The average molecular weight is 150 g/mol. The molecular weight excluding hydrogens is 140 g/mol. The fourth-order valence-corrected chi connectivity index (χ4v) is 0.780. The van der Waals surface area contributed by atoms with Crippen molar-refractivity contribution in [3.63, 3.8) is 0 Å². The summed E-state index contributed by atoms with van der Waals surface area (Å²) in [6, 6.07) is 3.93. The number of carbonyl (C=O) groups excluding carboxylic acids is 1. The van der Waals surface area contributed by atoms with Crippen molar-refractivity contribution in [1.29, 1.82) is 10.5 Å². The molecule has 0 aromatic rings. The maximum atomic E-state index is 10.3. The maximum absolute atomic E-state index is 10.3. The minimum absolute atomic E-state index is 0.103. The molecule has 11 heavy (non-hydrogen) atoms. The van der Waals surface area contributed by atoms with E-state index in [1.165, 1.54) is 0 Å². The van der Waals surface area contributed by atoms with E-state index in [0.717, 1.165) is 6.29 Å². The first-order valence-electron chi connectivity index (χ1n) is 3.54. The van der Waals surface area contributed by atoms with E-state index in [9.17, 15) is 4.79 Å². The summed E-state index contributed by atoms with van der Waals surface area (Å²) in [4.78, 5) is 10.3. The van der Waals surface area contributed by atoms with E-state index in [0.29, 0.717) is 25.7 Å². The summed E-state index contributed by atoms with van der Waals surface area (Å²) < 4.78 is 0. The van der Waals surface area contributed by atoms with Crippen molar-refractivity contribution in [1.82, 2.24) is 0 Å². The summed E-state index contributed by atoms with van der Waals surface area (Å²) in [5.74, 6) is -0.103. The van der Waals surface area contributed by atoms with Crippen molar-refractivity contribution in [2.24, 2.45) is 5.92 Å². The van der Waals surface area contributed by atoms with E-state index in [4.69, 9.17) is 10.5 Å². The summed E-state index contributed by atoms with van der Waals surface area (Å²) in [5, 5.41) is 16.4. The molecule has 0 spiro atoms. The SMILES string of the molecule is N#CCCC(C=O)CCC#N. The molecule has 3 nitrogen and oxygen atoms in total. The monoisotopic (exact) mass is 150 g/mol. The normalized spacial score (nSPS) is 8.64. The van der Waals surface area contributed by atoms with E-state index in [2.05, 4.69) is 0 Å². The number of rotatable bonds is 5. The van der Waals surface area contributed by atoms with Crippen LogP contribution in [0, 0.1) is 28.6 Å². The highest BCUT2D eigenvalue weighted by Crippen LogP contribution is 2.09. The van der Waals surface area contributed by atoms with Crippen LogP contribution < -0.4 is 0 Å². The first-order chi connectivity index (χ1) is 5.35. The van der Waals surface area contributed by atoms with Crippen molar-refractivity contribution in [2.45, 2.75) is 25.7 Å². The number of carbonyl (C=O) groups is 1. The molecular formula is C8H10N2O. The molecule has 0 aliphatic rings. The molecule has 0 saturated heterocycles. The lowest BCUT2D eigenvalue weighted by Gasteiger charge is -2.02. The number of nitrogens with zero attached hydrogens (tertiary/aromatic N) is 2. The Morgan fingerprint density at radius 1 is 1.18 bits per heavy atom. The highest BCUT2D eigenvalue weighted by atomic mass is 16.1. The van der Waals surface area contributed by atoms with Gasteiger partial charge < -0.3 is 4.79 Å². The quantitative estimate of drug-likeness (QED) is 0.556. The van der Waals surface area contributed by atoms with Crippen molar-refractivity contribution in [3.8, 4) is 12.1 Å². The van der Waals surface area contributed by atoms with Gasteiger partial charge in [0.25, 0.3) is 0 Å². The average Bonchev–Trinajstić information content (AvgIpc) is 2.05. The van der Waals surface area contributed by atoms with Gasteiger partial charge in [-0.1, -0.05) is 0 Å². The molecule has 0 atom stereocenters. The molecule has 0 N–H and O–H groups in total. The molecule has 0 bridgehead atoms. The molecule has 3 heteroatoms. The Labute approximate surface area is 66.2 Å². The second kappa shape index (κ2) is 6.77. The lowest BCUT2D eigenvalue weighted by molar-refractivity contribution is -0.111. The number of hydrogen-bond acceptors (Lipinski definition) is 3. The third-order valence-corrected chi connectivity index (χ3v) is 1.45. The Balaban J connectivity index is 3.52. The smallest absolute Gasteiger partial charge is 0.123 e. The fourth-order valence-electron chi connectivity index (χ4n) is 0.780. The summed E-state index contributed by atoms with van der Waals surface area (Å²) in [7, 11) is 0. The van der Waals surface area contributed by atoms with Crippen LogP contribution in [0.2, 0.25) is 0 Å². The highest BCUT2D eigenvalue weighted by Gasteiger charge is 2.05. The van der Waals surface area contributed by atoms with E-state index in [1.807, 2.05) is 12.1 Å². The fraction of sp³-hybridized carbons (Fsp3) is 0.625. The van der Waals surface area contributed by atoms with Gasteiger partial charge in [0, 0.05) is 18.8 Å². The van der Waals surface area contributed by atoms with Crippen LogP contribution >= 0.6 is 0 Å². The third kappa shape index (κ3) is 5.11. The minimum Gasteiger partial charge on any atom is -0.303 e. The molecule has 0 aliphatic carbocycles. The molecule has 58 valence electrons. The lowest BCUT2D eigenvalue weighted by Crippen LogP contribution is -2.00. The van der Waals surface area contributed by atoms with Gasteiger partial charge in [0.2, 0.25) is 0 Å². The number of hydrogen-bond donors (Lipinski definition) is 0. The van der Waals surface area contributed by atoms with E-state index >= 15 is 0 Å². The molecule has 0 heterocycles. The highest BCUT2D eigenvalue weighted by molar-refractivity contribution is 5.53. The summed E-state index contributed by atoms with van der Waals surface area (Å²) in [5.41, 5.74) is 0. The largest absolute Gasteiger partial charge is 0.303 e. The zero-order valence-electron chi connectivity index (χ0n) is 6.29. The van der Waals surface area contributed by atoms with Crippen LogP contribution in [-0.4, -0.2) is 6.29 Å². The summed E-state index contributed by atoms with van der Waals surface area (Å²) >= 11 is 0. The molecule has 0 fully saturated rings. The van der Waals surface area contributed by atoms with Crippen LogP contribution in [0.5, 0.6) is 0 Å². The van der Waals surface area contributed by atoms with E-state index in [1.54, 1.807) is 0 Å². The van der Waals surface area contributed by atoms with Gasteiger partial charge >= 0.3 is 0 Å². The van der Waals surface area contributed by atoms with Gasteiger partial charge in [0.05, 0.1) is 12.1 Å². The first kappa shape index (κ1) is 9.65. The summed E-state index contributed by atoms with van der Waals surface area (Å²) in [6.07, 6.45) is 2.79. The number of aldehydes is 1. The zero-order chi connectivity index (χ0) is 8.53. The Hall–Kier alpha value is -1.35. The van der Waals surface area contributed by atoms with Gasteiger partial charge in [-0.3, -0.25) is 0 Å². The van der Waals surface area contributed by atoms with Crippen LogP contribution in [0.25, 0.3) is 0 Å². The first-order valence-corrected chi connectivity index (χ1v) is 3.54. The van der Waals surface area contributed by atoms with Crippen molar-refractivity contribution >= 4 is 6.29 Å². The van der Waals surface area contributed by atoms with Crippen LogP contribution in [0.15, 0.2) is 0 Å². The van der Waals surface area contributed by atoms with Gasteiger partial charge in [-0.2, -0.15) is 10.5 Å².